The van der Waals surface area contributed by atoms with Crippen LogP contribution in [0.3, 0.4) is 0 Å². The molecule has 2 aromatic rings. The molecule has 5 nitrogen and oxygen atoms in total. The van der Waals surface area contributed by atoms with E-state index < -0.39 is 0 Å². The monoisotopic (exact) mass is 396 g/mol. The number of aromatic nitrogens is 3. The molecular weight excluding hydrogens is 368 g/mol. The van der Waals surface area contributed by atoms with Gasteiger partial charge in [0.05, 0.1) is 5.75 Å². The van der Waals surface area contributed by atoms with E-state index in [1.54, 1.807) is 0 Å². The molecule has 0 radical (unpaired) electrons. The second kappa shape index (κ2) is 8.95. The molecule has 4 rings (SSSR count). The summed E-state index contributed by atoms with van der Waals surface area (Å²) in [6.07, 6.45) is 9.32. The van der Waals surface area contributed by atoms with Crippen LogP contribution in [0.1, 0.15) is 38.5 Å². The number of amides is 1. The van der Waals surface area contributed by atoms with Gasteiger partial charge in [0.25, 0.3) is 0 Å². The maximum absolute atomic E-state index is 13.0. The van der Waals surface area contributed by atoms with Crippen molar-refractivity contribution >= 4 is 17.7 Å². The Morgan fingerprint density at radius 3 is 2.75 bits per heavy atom. The van der Waals surface area contributed by atoms with Crippen molar-refractivity contribution in [3.8, 4) is 11.4 Å². The van der Waals surface area contributed by atoms with Crippen LogP contribution >= 0.6 is 11.8 Å². The number of hydrogen-bond acceptors (Lipinski definition) is 4. The van der Waals surface area contributed by atoms with Crippen LogP contribution in [-0.4, -0.2) is 43.9 Å². The minimum absolute atomic E-state index is 0.246. The number of thioether (sulfide) groups is 1. The Morgan fingerprint density at radius 2 is 1.93 bits per heavy atom. The Morgan fingerprint density at radius 1 is 1.14 bits per heavy atom. The number of fused-ring (bicyclic) bond motifs is 1. The van der Waals surface area contributed by atoms with Crippen molar-refractivity contribution in [1.29, 1.82) is 0 Å². The molecule has 0 unspecified atom stereocenters. The van der Waals surface area contributed by atoms with Gasteiger partial charge in [-0.1, -0.05) is 61.0 Å². The Labute approximate surface area is 171 Å². The summed E-state index contributed by atoms with van der Waals surface area (Å²) >= 11 is 1.49. The van der Waals surface area contributed by atoms with E-state index in [0.717, 1.165) is 29.5 Å². The second-order valence-corrected chi connectivity index (χ2v) is 8.64. The summed E-state index contributed by atoms with van der Waals surface area (Å²) < 4.78 is 2.04. The average molecular weight is 397 g/mol. The third-order valence-corrected chi connectivity index (χ3v) is 6.90. The summed E-state index contributed by atoms with van der Waals surface area (Å²) in [6, 6.07) is 10.5. The highest BCUT2D eigenvalue weighted by atomic mass is 32.2. The zero-order valence-electron chi connectivity index (χ0n) is 16.3. The van der Waals surface area contributed by atoms with Crippen LogP contribution in [0.2, 0.25) is 0 Å². The lowest BCUT2D eigenvalue weighted by Crippen LogP contribution is -2.50. The molecule has 1 saturated carbocycles. The predicted octanol–water partition coefficient (Wildman–Crippen LogP) is 4.40. The lowest BCUT2D eigenvalue weighted by atomic mass is 9.78. The van der Waals surface area contributed by atoms with E-state index in [1.165, 1.54) is 43.9 Å². The van der Waals surface area contributed by atoms with E-state index in [-0.39, 0.29) is 5.91 Å². The van der Waals surface area contributed by atoms with Crippen molar-refractivity contribution in [3.05, 3.63) is 43.0 Å². The van der Waals surface area contributed by atoms with Gasteiger partial charge in [0.15, 0.2) is 11.0 Å². The van der Waals surface area contributed by atoms with E-state index in [1.807, 2.05) is 41.0 Å². The van der Waals surface area contributed by atoms with Crippen LogP contribution in [0.5, 0.6) is 0 Å². The van der Waals surface area contributed by atoms with Crippen LogP contribution in [0.4, 0.5) is 0 Å². The van der Waals surface area contributed by atoms with E-state index in [0.29, 0.717) is 24.3 Å². The molecule has 2 atom stereocenters. The first kappa shape index (κ1) is 19.2. The van der Waals surface area contributed by atoms with Crippen LogP contribution in [-0.2, 0) is 11.3 Å². The van der Waals surface area contributed by atoms with Crippen molar-refractivity contribution in [1.82, 2.24) is 19.7 Å². The molecule has 1 amide bonds. The molecule has 1 aromatic carbocycles. The molecule has 1 saturated heterocycles. The second-order valence-electron chi connectivity index (χ2n) is 7.70. The number of nitrogens with zero attached hydrogens (tertiary/aromatic N) is 4. The summed E-state index contributed by atoms with van der Waals surface area (Å²) in [5, 5.41) is 9.53. The first-order valence-corrected chi connectivity index (χ1v) is 11.3. The van der Waals surface area contributed by atoms with E-state index >= 15 is 0 Å². The number of piperidine rings is 1. The molecule has 1 aliphatic carbocycles. The minimum Gasteiger partial charge on any atom is -0.339 e. The highest BCUT2D eigenvalue weighted by molar-refractivity contribution is 7.99. The number of rotatable bonds is 6. The van der Waals surface area contributed by atoms with E-state index in [4.69, 9.17) is 0 Å². The van der Waals surface area contributed by atoms with Gasteiger partial charge in [0.1, 0.15) is 0 Å². The molecule has 28 heavy (non-hydrogen) atoms. The fourth-order valence-corrected chi connectivity index (χ4v) is 5.47. The maximum atomic E-state index is 13.0. The standard InChI is InChI=1S/C22H28N4OS/c1-2-14-26-21(18-10-4-3-5-11-18)23-24-22(26)28-16-20(27)25-15-8-12-17-9-6-7-13-19(17)25/h2-5,10-11,17,19H,1,6-9,12-16H2/t17-,19-/m1/s1. The maximum Gasteiger partial charge on any atom is 0.233 e. The summed E-state index contributed by atoms with van der Waals surface area (Å²) in [5.41, 5.74) is 1.02. The average Bonchev–Trinajstić information content (AvgIpc) is 3.15. The minimum atomic E-state index is 0.246. The van der Waals surface area contributed by atoms with Crippen molar-refractivity contribution < 1.29 is 4.79 Å². The van der Waals surface area contributed by atoms with Gasteiger partial charge in [-0.3, -0.25) is 9.36 Å². The summed E-state index contributed by atoms with van der Waals surface area (Å²) in [7, 11) is 0. The van der Waals surface area contributed by atoms with Gasteiger partial charge in [-0.2, -0.15) is 0 Å². The molecule has 1 aromatic heterocycles. The third-order valence-electron chi connectivity index (χ3n) is 5.95. The number of carbonyl (C=O) groups excluding carboxylic acids is 1. The lowest BCUT2D eigenvalue weighted by molar-refractivity contribution is -0.134. The smallest absolute Gasteiger partial charge is 0.233 e. The Bertz CT molecular complexity index is 817. The molecule has 2 aliphatic rings. The van der Waals surface area contributed by atoms with Gasteiger partial charge in [-0.25, -0.2) is 0 Å². The van der Waals surface area contributed by atoms with Gasteiger partial charge in [-0.05, 0) is 31.6 Å². The van der Waals surface area contributed by atoms with Crippen molar-refractivity contribution in [2.45, 2.75) is 56.3 Å². The molecule has 6 heteroatoms. The first-order chi connectivity index (χ1) is 13.8. The number of allylic oxidation sites excluding steroid dienone is 1. The third kappa shape index (κ3) is 4.02. The predicted molar refractivity (Wildman–Crippen MR) is 113 cm³/mol. The van der Waals surface area contributed by atoms with E-state index in [2.05, 4.69) is 21.7 Å². The molecule has 1 aliphatic heterocycles. The summed E-state index contributed by atoms with van der Waals surface area (Å²) in [5.74, 6) is 2.20. The number of carbonyl (C=O) groups is 1. The molecule has 0 spiro atoms. The van der Waals surface area contributed by atoms with Gasteiger partial charge < -0.3 is 4.90 Å². The quantitative estimate of drug-likeness (QED) is 0.536. The van der Waals surface area contributed by atoms with Gasteiger partial charge >= 0.3 is 0 Å². The zero-order valence-corrected chi connectivity index (χ0v) is 17.1. The lowest BCUT2D eigenvalue weighted by Gasteiger charge is -2.44. The van der Waals surface area contributed by atoms with Crippen LogP contribution in [0, 0.1) is 5.92 Å². The molecular formula is C22H28N4OS. The number of likely N-dealkylation sites (tertiary alicyclic amines) is 1. The summed E-state index contributed by atoms with van der Waals surface area (Å²) in [6.45, 7) is 5.40. The Hall–Kier alpha value is -2.08. The number of hydrogen-bond donors (Lipinski definition) is 0. The molecule has 0 N–H and O–H groups in total. The van der Waals surface area contributed by atoms with Crippen LogP contribution in [0.25, 0.3) is 11.4 Å². The Kier molecular flexibility index (Phi) is 6.15. The van der Waals surface area contributed by atoms with Crippen LogP contribution < -0.4 is 0 Å². The molecule has 148 valence electrons. The van der Waals surface area contributed by atoms with Crippen LogP contribution in [0.15, 0.2) is 48.1 Å². The van der Waals surface area contributed by atoms with Crippen molar-refractivity contribution in [2.24, 2.45) is 5.92 Å². The van der Waals surface area contributed by atoms with E-state index in [9.17, 15) is 4.79 Å². The largest absolute Gasteiger partial charge is 0.339 e. The van der Waals surface area contributed by atoms with Crippen molar-refractivity contribution in [2.75, 3.05) is 12.3 Å². The van der Waals surface area contributed by atoms with Crippen molar-refractivity contribution in [3.63, 3.8) is 0 Å². The number of benzene rings is 1. The zero-order chi connectivity index (χ0) is 19.3. The highest BCUT2D eigenvalue weighted by Crippen LogP contribution is 2.35. The topological polar surface area (TPSA) is 51.0 Å². The fraction of sp³-hybridized carbons (Fsp3) is 0.500. The molecule has 2 fully saturated rings. The van der Waals surface area contributed by atoms with Gasteiger partial charge in [-0.15, -0.1) is 16.8 Å². The summed E-state index contributed by atoms with van der Waals surface area (Å²) in [4.78, 5) is 15.2. The van der Waals surface area contributed by atoms with Gasteiger partial charge in [0.2, 0.25) is 5.91 Å². The highest BCUT2D eigenvalue weighted by Gasteiger charge is 2.35. The first-order valence-electron chi connectivity index (χ1n) is 10.3. The fourth-order valence-electron chi connectivity index (χ4n) is 4.63. The Balaban J connectivity index is 1.46. The SMILES string of the molecule is C=CCn1c(SCC(=O)N2CCC[C@H]3CCCC[C@H]32)nnc1-c1ccccc1. The molecule has 2 heterocycles. The molecule has 0 bridgehead atoms. The normalized spacial score (nSPS) is 21.9. The van der Waals surface area contributed by atoms with Gasteiger partial charge in [0, 0.05) is 24.7 Å².